The number of hydrogen-bond acceptors (Lipinski definition) is 5. The number of nitrogen functional groups attached to an aromatic ring is 1. The average Bonchev–Trinajstić information content (AvgIpc) is 2.75. The molecule has 0 aliphatic carbocycles. The molecule has 0 saturated carbocycles. The van der Waals surface area contributed by atoms with Gasteiger partial charge in [0.1, 0.15) is 11.5 Å². The predicted molar refractivity (Wildman–Crippen MR) is 79.9 cm³/mol. The van der Waals surface area contributed by atoms with E-state index in [4.69, 9.17) is 14.9 Å². The van der Waals surface area contributed by atoms with Gasteiger partial charge in [0.15, 0.2) is 0 Å². The number of benzene rings is 1. The fraction of sp³-hybridized carbons (Fsp3) is 0.400. The molecule has 5 nitrogen and oxygen atoms in total. The molecule has 0 amide bonds. The van der Waals surface area contributed by atoms with E-state index in [0.29, 0.717) is 30.5 Å². The van der Waals surface area contributed by atoms with Gasteiger partial charge in [-0.1, -0.05) is 6.92 Å². The molecule has 2 rings (SSSR count). The Morgan fingerprint density at radius 2 is 2.15 bits per heavy atom. The Kier molecular flexibility index (Phi) is 4.50. The lowest BCUT2D eigenvalue weighted by molar-refractivity contribution is 0.319. The van der Waals surface area contributed by atoms with Crippen LogP contribution in [-0.4, -0.2) is 11.6 Å². The molecule has 5 heteroatoms. The lowest BCUT2D eigenvalue weighted by Gasteiger charge is -2.10. The third-order valence-corrected chi connectivity index (χ3v) is 2.99. The Balaban J connectivity index is 2.02. The summed E-state index contributed by atoms with van der Waals surface area (Å²) in [6.07, 6.45) is 0.950. The molecule has 0 aliphatic rings. The second-order valence-corrected chi connectivity index (χ2v) is 4.70. The first-order valence-electron chi connectivity index (χ1n) is 6.79. The number of nitrogens with two attached hydrogens (primary N) is 1. The van der Waals surface area contributed by atoms with Gasteiger partial charge in [0.05, 0.1) is 24.5 Å². The molecule has 2 aromatic rings. The van der Waals surface area contributed by atoms with Crippen molar-refractivity contribution in [2.75, 3.05) is 17.7 Å². The molecule has 108 valence electrons. The van der Waals surface area contributed by atoms with Crippen LogP contribution >= 0.6 is 0 Å². The molecule has 0 spiro atoms. The van der Waals surface area contributed by atoms with Crippen molar-refractivity contribution in [1.29, 1.82) is 0 Å². The fourth-order valence-corrected chi connectivity index (χ4v) is 1.77. The summed E-state index contributed by atoms with van der Waals surface area (Å²) in [6, 6.07) is 5.64. The van der Waals surface area contributed by atoms with Gasteiger partial charge in [-0.25, -0.2) is 4.98 Å². The van der Waals surface area contributed by atoms with E-state index in [1.807, 2.05) is 32.0 Å². The van der Waals surface area contributed by atoms with Crippen LogP contribution in [0.1, 0.15) is 30.7 Å². The number of anilines is 2. The van der Waals surface area contributed by atoms with E-state index in [-0.39, 0.29) is 0 Å². The van der Waals surface area contributed by atoms with Crippen LogP contribution in [0.15, 0.2) is 22.6 Å². The number of oxazole rings is 1. The maximum atomic E-state index is 5.88. The molecule has 20 heavy (non-hydrogen) atoms. The van der Waals surface area contributed by atoms with Crippen molar-refractivity contribution in [3.8, 4) is 5.75 Å². The Hall–Kier alpha value is -2.17. The standard InChI is InChI=1S/C15H21N3O2/c1-4-7-19-14-8-12(5-6-13(14)16)17-9-15-18-10(2)11(3)20-15/h5-6,8,17H,4,7,9,16H2,1-3H3. The number of ether oxygens (including phenoxy) is 1. The summed E-state index contributed by atoms with van der Waals surface area (Å²) in [5.41, 5.74) is 8.37. The van der Waals surface area contributed by atoms with Crippen LogP contribution in [0.4, 0.5) is 11.4 Å². The van der Waals surface area contributed by atoms with Crippen molar-refractivity contribution in [3.63, 3.8) is 0 Å². The van der Waals surface area contributed by atoms with Crippen LogP contribution < -0.4 is 15.8 Å². The van der Waals surface area contributed by atoms with E-state index in [1.165, 1.54) is 0 Å². The van der Waals surface area contributed by atoms with Crippen molar-refractivity contribution in [3.05, 3.63) is 35.5 Å². The topological polar surface area (TPSA) is 73.3 Å². The van der Waals surface area contributed by atoms with Crippen molar-refractivity contribution in [1.82, 2.24) is 4.98 Å². The summed E-state index contributed by atoms with van der Waals surface area (Å²) in [4.78, 5) is 4.33. The summed E-state index contributed by atoms with van der Waals surface area (Å²) in [5, 5.41) is 3.25. The predicted octanol–water partition coefficient (Wildman–Crippen LogP) is 3.27. The van der Waals surface area contributed by atoms with Crippen LogP contribution in [0, 0.1) is 13.8 Å². The Bertz CT molecular complexity index is 559. The zero-order valence-corrected chi connectivity index (χ0v) is 12.2. The Morgan fingerprint density at radius 3 is 2.80 bits per heavy atom. The minimum Gasteiger partial charge on any atom is -0.491 e. The summed E-state index contributed by atoms with van der Waals surface area (Å²) >= 11 is 0. The third kappa shape index (κ3) is 3.44. The van der Waals surface area contributed by atoms with Gasteiger partial charge >= 0.3 is 0 Å². The molecule has 0 saturated heterocycles. The SMILES string of the molecule is CCCOc1cc(NCc2nc(C)c(C)o2)ccc1N. The number of rotatable bonds is 6. The van der Waals surface area contributed by atoms with Crippen LogP contribution in [0.2, 0.25) is 0 Å². The molecule has 3 N–H and O–H groups in total. The maximum absolute atomic E-state index is 5.88. The molecule has 0 bridgehead atoms. The average molecular weight is 275 g/mol. The summed E-state index contributed by atoms with van der Waals surface area (Å²) in [7, 11) is 0. The molecule has 1 aromatic carbocycles. The van der Waals surface area contributed by atoms with Crippen LogP contribution in [0.25, 0.3) is 0 Å². The minimum absolute atomic E-state index is 0.534. The Labute approximate surface area is 119 Å². The summed E-state index contributed by atoms with van der Waals surface area (Å²) in [6.45, 7) is 7.09. The summed E-state index contributed by atoms with van der Waals surface area (Å²) in [5.74, 6) is 2.23. The van der Waals surface area contributed by atoms with Crippen molar-refractivity contribution < 1.29 is 9.15 Å². The number of nitrogens with one attached hydrogen (secondary N) is 1. The normalized spacial score (nSPS) is 10.6. The summed E-state index contributed by atoms with van der Waals surface area (Å²) < 4.78 is 11.1. The Morgan fingerprint density at radius 1 is 1.35 bits per heavy atom. The molecule has 0 radical (unpaired) electrons. The highest BCUT2D eigenvalue weighted by Crippen LogP contribution is 2.26. The molecular formula is C15H21N3O2. The smallest absolute Gasteiger partial charge is 0.213 e. The highest BCUT2D eigenvalue weighted by atomic mass is 16.5. The van der Waals surface area contributed by atoms with Crippen molar-refractivity contribution in [2.45, 2.75) is 33.7 Å². The number of aryl methyl sites for hydroxylation is 2. The van der Waals surface area contributed by atoms with Gasteiger partial charge in [-0.05, 0) is 32.4 Å². The van der Waals surface area contributed by atoms with Crippen LogP contribution in [0.5, 0.6) is 5.75 Å². The molecule has 0 unspecified atom stereocenters. The van der Waals surface area contributed by atoms with E-state index < -0.39 is 0 Å². The lowest BCUT2D eigenvalue weighted by Crippen LogP contribution is -2.03. The zero-order chi connectivity index (χ0) is 14.5. The maximum Gasteiger partial charge on any atom is 0.213 e. The van der Waals surface area contributed by atoms with Crippen LogP contribution in [0.3, 0.4) is 0 Å². The van der Waals surface area contributed by atoms with Gasteiger partial charge in [0.2, 0.25) is 5.89 Å². The number of nitrogens with zero attached hydrogens (tertiary/aromatic N) is 1. The number of aromatic nitrogens is 1. The lowest BCUT2D eigenvalue weighted by atomic mass is 10.2. The first-order chi connectivity index (χ1) is 9.60. The van der Waals surface area contributed by atoms with E-state index in [0.717, 1.165) is 23.6 Å². The van der Waals surface area contributed by atoms with Gasteiger partial charge < -0.3 is 20.2 Å². The highest BCUT2D eigenvalue weighted by Gasteiger charge is 2.06. The van der Waals surface area contributed by atoms with Crippen molar-refractivity contribution >= 4 is 11.4 Å². The molecule has 0 atom stereocenters. The molecular weight excluding hydrogens is 254 g/mol. The van der Waals surface area contributed by atoms with E-state index in [1.54, 1.807) is 0 Å². The van der Waals surface area contributed by atoms with Gasteiger partial charge in [-0.3, -0.25) is 0 Å². The van der Waals surface area contributed by atoms with E-state index >= 15 is 0 Å². The third-order valence-electron chi connectivity index (χ3n) is 2.99. The van der Waals surface area contributed by atoms with Gasteiger partial charge in [-0.2, -0.15) is 0 Å². The van der Waals surface area contributed by atoms with Gasteiger partial charge in [0, 0.05) is 11.8 Å². The van der Waals surface area contributed by atoms with E-state index in [9.17, 15) is 0 Å². The van der Waals surface area contributed by atoms with Crippen LogP contribution in [-0.2, 0) is 6.54 Å². The monoisotopic (exact) mass is 275 g/mol. The molecule has 0 aliphatic heterocycles. The minimum atomic E-state index is 0.534. The first kappa shape index (κ1) is 14.2. The quantitative estimate of drug-likeness (QED) is 0.791. The first-order valence-corrected chi connectivity index (χ1v) is 6.79. The zero-order valence-electron chi connectivity index (χ0n) is 12.2. The van der Waals surface area contributed by atoms with Gasteiger partial charge in [-0.15, -0.1) is 0 Å². The van der Waals surface area contributed by atoms with E-state index in [2.05, 4.69) is 17.2 Å². The molecule has 1 aromatic heterocycles. The largest absolute Gasteiger partial charge is 0.491 e. The number of hydrogen-bond donors (Lipinski definition) is 2. The fourth-order valence-electron chi connectivity index (χ4n) is 1.77. The van der Waals surface area contributed by atoms with Crippen molar-refractivity contribution in [2.24, 2.45) is 0 Å². The van der Waals surface area contributed by atoms with Gasteiger partial charge in [0.25, 0.3) is 0 Å². The molecule has 1 heterocycles. The highest BCUT2D eigenvalue weighted by molar-refractivity contribution is 5.61. The second-order valence-electron chi connectivity index (χ2n) is 4.70. The second kappa shape index (κ2) is 6.32. The molecule has 0 fully saturated rings.